The van der Waals surface area contributed by atoms with Gasteiger partial charge in [0.2, 0.25) is 0 Å². The molecule has 1 N–H and O–H groups in total. The topological polar surface area (TPSA) is 49.2 Å². The monoisotopic (exact) mass is 659 g/mol. The molecule has 0 saturated carbocycles. The summed E-state index contributed by atoms with van der Waals surface area (Å²) >= 11 is 0. The highest BCUT2D eigenvalue weighted by atomic mass is 16.3. The van der Waals surface area contributed by atoms with Crippen molar-refractivity contribution in [2.75, 3.05) is 4.90 Å². The lowest BCUT2D eigenvalue weighted by molar-refractivity contribution is 0.446. The summed E-state index contributed by atoms with van der Waals surface area (Å²) in [5, 5.41) is 11.8. The number of phenols is 1. The molecule has 0 radical (unpaired) electrons. The summed E-state index contributed by atoms with van der Waals surface area (Å²) in [6, 6.07) is 42.2. The van der Waals surface area contributed by atoms with Crippen molar-refractivity contribution < 1.29 is 5.11 Å². The van der Waals surface area contributed by atoms with Gasteiger partial charge in [0.1, 0.15) is 11.6 Å². The molecule has 50 heavy (non-hydrogen) atoms. The van der Waals surface area contributed by atoms with E-state index in [9.17, 15) is 5.11 Å². The Morgan fingerprint density at radius 3 is 2.00 bits per heavy atom. The zero-order chi connectivity index (χ0) is 35.6. The quantitative estimate of drug-likeness (QED) is 0.177. The van der Waals surface area contributed by atoms with Crippen molar-refractivity contribution in [1.82, 2.24) is 9.97 Å². The second-order valence-electron chi connectivity index (χ2n) is 15.7. The van der Waals surface area contributed by atoms with Crippen LogP contribution in [0, 0.1) is 5.92 Å². The maximum atomic E-state index is 11.8. The maximum Gasteiger partial charge on any atom is 0.137 e. The van der Waals surface area contributed by atoms with Gasteiger partial charge in [-0.25, -0.2) is 9.97 Å². The van der Waals surface area contributed by atoms with Gasteiger partial charge in [-0.15, -0.1) is 0 Å². The van der Waals surface area contributed by atoms with Crippen molar-refractivity contribution in [2.24, 2.45) is 5.92 Å². The highest BCUT2D eigenvalue weighted by Gasteiger charge is 2.26. The van der Waals surface area contributed by atoms with Crippen LogP contribution in [0.5, 0.6) is 5.75 Å². The Hall–Kier alpha value is -5.22. The number of phenolic OH excluding ortho intramolecular Hbond substituents is 1. The third kappa shape index (κ3) is 7.50. The van der Waals surface area contributed by atoms with Crippen LogP contribution in [0.4, 0.5) is 17.2 Å². The molecule has 0 fully saturated rings. The Morgan fingerprint density at radius 1 is 0.640 bits per heavy atom. The Kier molecular flexibility index (Phi) is 9.67. The molecule has 0 aliphatic heterocycles. The zero-order valence-corrected chi connectivity index (χ0v) is 30.7. The molecule has 6 rings (SSSR count). The van der Waals surface area contributed by atoms with Crippen LogP contribution in [-0.2, 0) is 17.3 Å². The van der Waals surface area contributed by atoms with Crippen molar-refractivity contribution in [3.63, 3.8) is 0 Å². The smallest absolute Gasteiger partial charge is 0.137 e. The van der Waals surface area contributed by atoms with Crippen LogP contribution in [0.25, 0.3) is 33.6 Å². The molecule has 254 valence electrons. The molecule has 4 heteroatoms. The summed E-state index contributed by atoms with van der Waals surface area (Å²) in [5.41, 5.74) is 10.7. The highest BCUT2D eigenvalue weighted by Crippen LogP contribution is 2.44. The van der Waals surface area contributed by atoms with Crippen molar-refractivity contribution in [2.45, 2.75) is 72.6 Å². The molecule has 4 nitrogen and oxygen atoms in total. The minimum absolute atomic E-state index is 0.0971. The van der Waals surface area contributed by atoms with Gasteiger partial charge in [-0.2, -0.15) is 0 Å². The van der Waals surface area contributed by atoms with Crippen LogP contribution in [0.15, 0.2) is 128 Å². The van der Waals surface area contributed by atoms with E-state index in [2.05, 4.69) is 157 Å². The number of rotatable bonds is 8. The molecule has 0 spiro atoms. The predicted molar refractivity (Wildman–Crippen MR) is 211 cm³/mol. The molecule has 0 amide bonds. The van der Waals surface area contributed by atoms with Gasteiger partial charge in [-0.3, -0.25) is 4.90 Å². The number of hydrogen-bond acceptors (Lipinski definition) is 4. The first-order valence-electron chi connectivity index (χ1n) is 17.6. The second kappa shape index (κ2) is 14.0. The molecule has 0 aliphatic rings. The first-order chi connectivity index (χ1) is 23.8. The number of hydrogen-bond donors (Lipinski definition) is 1. The van der Waals surface area contributed by atoms with Gasteiger partial charge in [-0.1, -0.05) is 128 Å². The Labute approximate surface area is 298 Å². The van der Waals surface area contributed by atoms with Gasteiger partial charge >= 0.3 is 0 Å². The van der Waals surface area contributed by atoms with E-state index in [-0.39, 0.29) is 10.8 Å². The van der Waals surface area contributed by atoms with Gasteiger partial charge in [0.15, 0.2) is 0 Å². The molecule has 0 bridgehead atoms. The lowest BCUT2D eigenvalue weighted by atomic mass is 9.78. The Balaban J connectivity index is 1.55. The van der Waals surface area contributed by atoms with Crippen molar-refractivity contribution >= 4 is 17.2 Å². The maximum absolute atomic E-state index is 11.8. The number of nitrogens with zero attached hydrogens (tertiary/aromatic N) is 3. The minimum atomic E-state index is -0.238. The fourth-order valence-electron chi connectivity index (χ4n) is 6.51. The molecule has 4 aromatic carbocycles. The molecule has 0 saturated heterocycles. The normalized spacial score (nSPS) is 11.9. The van der Waals surface area contributed by atoms with Gasteiger partial charge in [0.25, 0.3) is 0 Å². The molecule has 0 aliphatic carbocycles. The standard InChI is InChI=1S/C46H49N3O/c1-31(2)25-32-26-40(48-41(27-32)38-29-35(45(3,4)5)30-39(44(38)50)46(6,7)8)34-19-16-20-36(28-34)49(43-23-14-15-24-47-43)42-22-13-12-21-37(42)33-17-10-9-11-18-33/h9-24,26-31,50H,25H2,1-8H3. The van der Waals surface area contributed by atoms with E-state index in [1.165, 1.54) is 11.1 Å². The number of anilines is 3. The molecular formula is C46H49N3O. The van der Waals surface area contributed by atoms with E-state index in [4.69, 9.17) is 9.97 Å². The fourth-order valence-corrected chi connectivity index (χ4v) is 6.51. The van der Waals surface area contributed by atoms with Crippen molar-refractivity contribution in [3.8, 4) is 39.4 Å². The molecule has 2 aromatic heterocycles. The second-order valence-corrected chi connectivity index (χ2v) is 15.7. The van der Waals surface area contributed by atoms with Crippen LogP contribution >= 0.6 is 0 Å². The molecule has 6 aromatic rings. The van der Waals surface area contributed by atoms with E-state index >= 15 is 0 Å². The lowest BCUT2D eigenvalue weighted by Gasteiger charge is -2.28. The van der Waals surface area contributed by atoms with Crippen LogP contribution < -0.4 is 4.90 Å². The summed E-state index contributed by atoms with van der Waals surface area (Å²) in [6.07, 6.45) is 2.74. The van der Waals surface area contributed by atoms with E-state index < -0.39 is 0 Å². The zero-order valence-electron chi connectivity index (χ0n) is 30.7. The Morgan fingerprint density at radius 2 is 1.32 bits per heavy atom. The number of aromatic hydroxyl groups is 1. The third-order valence-electron chi connectivity index (χ3n) is 9.10. The van der Waals surface area contributed by atoms with E-state index in [1.807, 2.05) is 30.5 Å². The number of aromatic nitrogens is 2. The van der Waals surface area contributed by atoms with E-state index in [0.717, 1.165) is 62.8 Å². The average Bonchev–Trinajstić information content (AvgIpc) is 3.08. The van der Waals surface area contributed by atoms with Crippen LogP contribution in [-0.4, -0.2) is 15.1 Å². The highest BCUT2D eigenvalue weighted by molar-refractivity contribution is 5.88. The van der Waals surface area contributed by atoms with Gasteiger partial charge < -0.3 is 5.11 Å². The van der Waals surface area contributed by atoms with E-state index in [1.54, 1.807) is 0 Å². The largest absolute Gasteiger partial charge is 0.507 e. The summed E-state index contributed by atoms with van der Waals surface area (Å²) in [4.78, 5) is 12.3. The molecule has 0 unspecified atom stereocenters. The van der Waals surface area contributed by atoms with Gasteiger partial charge in [0, 0.05) is 34.1 Å². The summed E-state index contributed by atoms with van der Waals surface area (Å²) in [7, 11) is 0. The summed E-state index contributed by atoms with van der Waals surface area (Å²) in [5.74, 6) is 1.59. The lowest BCUT2D eigenvalue weighted by Crippen LogP contribution is -2.17. The molecular weight excluding hydrogens is 611 g/mol. The molecule has 0 atom stereocenters. The Bertz CT molecular complexity index is 2090. The first-order valence-corrected chi connectivity index (χ1v) is 17.6. The van der Waals surface area contributed by atoms with E-state index in [0.29, 0.717) is 11.7 Å². The van der Waals surface area contributed by atoms with Crippen LogP contribution in [0.1, 0.15) is 72.1 Å². The van der Waals surface area contributed by atoms with Crippen molar-refractivity contribution in [3.05, 3.63) is 144 Å². The van der Waals surface area contributed by atoms with Gasteiger partial charge in [0.05, 0.1) is 17.1 Å². The van der Waals surface area contributed by atoms with Gasteiger partial charge in [-0.05, 0) is 88.4 Å². The SMILES string of the molecule is CC(C)Cc1cc(-c2cccc(N(c3ccccn3)c3ccccc3-c3ccccc3)c2)nc(-c2cc(C(C)(C)C)cc(C(C)(C)C)c2O)c1. The minimum Gasteiger partial charge on any atom is -0.507 e. The number of benzene rings is 4. The summed E-state index contributed by atoms with van der Waals surface area (Å²) < 4.78 is 0. The predicted octanol–water partition coefficient (Wildman–Crippen LogP) is 12.4. The summed E-state index contributed by atoms with van der Waals surface area (Å²) in [6.45, 7) is 17.6. The third-order valence-corrected chi connectivity index (χ3v) is 9.10. The average molecular weight is 660 g/mol. The van der Waals surface area contributed by atoms with Crippen LogP contribution in [0.2, 0.25) is 0 Å². The fraction of sp³-hybridized carbons (Fsp3) is 0.261. The first kappa shape index (κ1) is 34.6. The number of pyridine rings is 2. The van der Waals surface area contributed by atoms with Crippen molar-refractivity contribution in [1.29, 1.82) is 0 Å². The van der Waals surface area contributed by atoms with Crippen LogP contribution in [0.3, 0.4) is 0 Å². The number of para-hydroxylation sites is 1. The molecule has 2 heterocycles.